The Labute approximate surface area is 87.4 Å². The molecule has 0 radical (unpaired) electrons. The highest BCUT2D eigenvalue weighted by Gasteiger charge is 2.21. The Morgan fingerprint density at radius 1 is 1.50 bits per heavy atom. The Hall–Kier alpha value is -0.120. The van der Waals surface area contributed by atoms with Gasteiger partial charge in [0, 0.05) is 18.7 Å². The molecule has 3 unspecified atom stereocenters. The summed E-state index contributed by atoms with van der Waals surface area (Å²) in [6, 6.07) is 0.924. The molecule has 3 atom stereocenters. The molecule has 0 spiro atoms. The van der Waals surface area contributed by atoms with Gasteiger partial charge in [0.2, 0.25) is 0 Å². The van der Waals surface area contributed by atoms with Crippen LogP contribution in [-0.2, 0) is 4.74 Å². The summed E-state index contributed by atoms with van der Waals surface area (Å²) in [5.41, 5.74) is 5.68. The average molecular weight is 200 g/mol. The molecule has 0 saturated carbocycles. The molecule has 1 heterocycles. The van der Waals surface area contributed by atoms with Crippen LogP contribution in [0.5, 0.6) is 0 Å². The Bertz CT molecular complexity index is 144. The topological polar surface area (TPSA) is 47.3 Å². The summed E-state index contributed by atoms with van der Waals surface area (Å²) in [6.45, 7) is 7.27. The summed E-state index contributed by atoms with van der Waals surface area (Å²) in [6.07, 6.45) is 3.50. The van der Waals surface area contributed by atoms with Crippen LogP contribution in [0.25, 0.3) is 0 Å². The van der Waals surface area contributed by atoms with Crippen LogP contribution in [0, 0.1) is 5.92 Å². The SMILES string of the molecule is CC(N)CCCNC(C)C1CCOC1. The fourth-order valence-electron chi connectivity index (χ4n) is 1.87. The molecular weight excluding hydrogens is 176 g/mol. The van der Waals surface area contributed by atoms with E-state index in [4.69, 9.17) is 10.5 Å². The summed E-state index contributed by atoms with van der Waals surface area (Å²) >= 11 is 0. The zero-order chi connectivity index (χ0) is 10.4. The smallest absolute Gasteiger partial charge is 0.0509 e. The van der Waals surface area contributed by atoms with Gasteiger partial charge in [0.1, 0.15) is 0 Å². The average Bonchev–Trinajstić information content (AvgIpc) is 2.64. The van der Waals surface area contributed by atoms with Crippen molar-refractivity contribution in [2.24, 2.45) is 11.7 Å². The molecule has 1 aliphatic rings. The number of hydrogen-bond donors (Lipinski definition) is 2. The largest absolute Gasteiger partial charge is 0.381 e. The maximum absolute atomic E-state index is 5.68. The first-order chi connectivity index (χ1) is 6.70. The van der Waals surface area contributed by atoms with Crippen molar-refractivity contribution in [3.05, 3.63) is 0 Å². The Morgan fingerprint density at radius 2 is 2.29 bits per heavy atom. The summed E-state index contributed by atoms with van der Waals surface area (Å²) < 4.78 is 5.36. The fraction of sp³-hybridized carbons (Fsp3) is 1.00. The van der Waals surface area contributed by atoms with Gasteiger partial charge < -0.3 is 15.8 Å². The van der Waals surface area contributed by atoms with E-state index in [-0.39, 0.29) is 0 Å². The van der Waals surface area contributed by atoms with Crippen LogP contribution in [0.1, 0.15) is 33.1 Å². The van der Waals surface area contributed by atoms with Gasteiger partial charge in [-0.05, 0) is 45.6 Å². The molecule has 0 aliphatic carbocycles. The van der Waals surface area contributed by atoms with E-state index in [0.717, 1.165) is 26.2 Å². The molecule has 84 valence electrons. The van der Waals surface area contributed by atoms with Crippen molar-refractivity contribution in [2.75, 3.05) is 19.8 Å². The molecule has 3 heteroatoms. The first kappa shape index (κ1) is 12.0. The highest BCUT2D eigenvalue weighted by atomic mass is 16.5. The van der Waals surface area contributed by atoms with Crippen molar-refractivity contribution < 1.29 is 4.74 Å². The third kappa shape index (κ3) is 4.40. The molecule has 3 nitrogen and oxygen atoms in total. The molecule has 0 bridgehead atoms. The van der Waals surface area contributed by atoms with Crippen LogP contribution in [0.15, 0.2) is 0 Å². The zero-order valence-electron chi connectivity index (χ0n) is 9.46. The van der Waals surface area contributed by atoms with Gasteiger partial charge in [-0.1, -0.05) is 0 Å². The van der Waals surface area contributed by atoms with E-state index in [0.29, 0.717) is 18.0 Å². The number of ether oxygens (including phenoxy) is 1. The van der Waals surface area contributed by atoms with Crippen molar-refractivity contribution >= 4 is 0 Å². The molecule has 0 aromatic rings. The van der Waals surface area contributed by atoms with Crippen molar-refractivity contribution in [3.63, 3.8) is 0 Å². The third-order valence-electron chi connectivity index (χ3n) is 2.97. The molecule has 0 aromatic carbocycles. The van der Waals surface area contributed by atoms with Gasteiger partial charge in [-0.2, -0.15) is 0 Å². The predicted octanol–water partition coefficient (Wildman–Crippen LogP) is 1.13. The number of nitrogens with one attached hydrogen (secondary N) is 1. The second kappa shape index (κ2) is 6.38. The second-order valence-electron chi connectivity index (χ2n) is 4.49. The van der Waals surface area contributed by atoms with Crippen LogP contribution < -0.4 is 11.1 Å². The summed E-state index contributed by atoms with van der Waals surface area (Å²) in [4.78, 5) is 0. The molecule has 0 aromatic heterocycles. The highest BCUT2D eigenvalue weighted by molar-refractivity contribution is 4.75. The van der Waals surface area contributed by atoms with Gasteiger partial charge in [-0.3, -0.25) is 0 Å². The molecule has 1 rings (SSSR count). The minimum absolute atomic E-state index is 0.335. The minimum Gasteiger partial charge on any atom is -0.381 e. The van der Waals surface area contributed by atoms with E-state index in [1.807, 2.05) is 0 Å². The molecule has 1 saturated heterocycles. The maximum atomic E-state index is 5.68. The second-order valence-corrected chi connectivity index (χ2v) is 4.49. The third-order valence-corrected chi connectivity index (χ3v) is 2.97. The first-order valence-corrected chi connectivity index (χ1v) is 5.77. The van der Waals surface area contributed by atoms with Crippen LogP contribution >= 0.6 is 0 Å². The summed E-state index contributed by atoms with van der Waals surface area (Å²) in [5, 5.41) is 3.54. The van der Waals surface area contributed by atoms with E-state index in [1.54, 1.807) is 0 Å². The van der Waals surface area contributed by atoms with Gasteiger partial charge in [0.05, 0.1) is 6.61 Å². The van der Waals surface area contributed by atoms with Crippen LogP contribution in [-0.4, -0.2) is 31.8 Å². The normalized spacial score (nSPS) is 26.4. The van der Waals surface area contributed by atoms with E-state index >= 15 is 0 Å². The minimum atomic E-state index is 0.335. The number of hydrogen-bond acceptors (Lipinski definition) is 3. The molecule has 1 fully saturated rings. The van der Waals surface area contributed by atoms with Crippen LogP contribution in [0.3, 0.4) is 0 Å². The Kier molecular flexibility index (Phi) is 5.45. The lowest BCUT2D eigenvalue weighted by atomic mass is 10.0. The van der Waals surface area contributed by atoms with Gasteiger partial charge in [-0.15, -0.1) is 0 Å². The van der Waals surface area contributed by atoms with E-state index in [1.165, 1.54) is 12.8 Å². The predicted molar refractivity (Wildman–Crippen MR) is 59.3 cm³/mol. The lowest BCUT2D eigenvalue weighted by molar-refractivity contribution is 0.178. The van der Waals surface area contributed by atoms with Gasteiger partial charge >= 0.3 is 0 Å². The molecule has 3 N–H and O–H groups in total. The van der Waals surface area contributed by atoms with Gasteiger partial charge in [0.15, 0.2) is 0 Å². The Morgan fingerprint density at radius 3 is 2.86 bits per heavy atom. The van der Waals surface area contributed by atoms with Crippen LogP contribution in [0.4, 0.5) is 0 Å². The molecule has 0 amide bonds. The maximum Gasteiger partial charge on any atom is 0.0509 e. The molecule has 1 aliphatic heterocycles. The Balaban J connectivity index is 1.99. The standard InChI is InChI=1S/C11H24N2O/c1-9(12)4-3-6-13-10(2)11-5-7-14-8-11/h9-11,13H,3-8,12H2,1-2H3. The van der Waals surface area contributed by atoms with E-state index < -0.39 is 0 Å². The zero-order valence-corrected chi connectivity index (χ0v) is 9.46. The van der Waals surface area contributed by atoms with Crippen LogP contribution in [0.2, 0.25) is 0 Å². The number of nitrogens with two attached hydrogens (primary N) is 1. The first-order valence-electron chi connectivity index (χ1n) is 5.77. The molecule has 14 heavy (non-hydrogen) atoms. The summed E-state index contributed by atoms with van der Waals surface area (Å²) in [7, 11) is 0. The fourth-order valence-corrected chi connectivity index (χ4v) is 1.87. The monoisotopic (exact) mass is 200 g/mol. The summed E-state index contributed by atoms with van der Waals surface area (Å²) in [5.74, 6) is 0.713. The highest BCUT2D eigenvalue weighted by Crippen LogP contribution is 2.16. The van der Waals surface area contributed by atoms with Crippen molar-refractivity contribution in [1.82, 2.24) is 5.32 Å². The number of rotatable bonds is 6. The van der Waals surface area contributed by atoms with E-state index in [2.05, 4.69) is 19.2 Å². The van der Waals surface area contributed by atoms with Crippen molar-refractivity contribution in [3.8, 4) is 0 Å². The lowest BCUT2D eigenvalue weighted by Crippen LogP contribution is -2.34. The lowest BCUT2D eigenvalue weighted by Gasteiger charge is -2.19. The van der Waals surface area contributed by atoms with Gasteiger partial charge in [-0.25, -0.2) is 0 Å². The molecular formula is C11H24N2O. The van der Waals surface area contributed by atoms with Gasteiger partial charge in [0.25, 0.3) is 0 Å². The van der Waals surface area contributed by atoms with E-state index in [9.17, 15) is 0 Å². The van der Waals surface area contributed by atoms with Crippen molar-refractivity contribution in [1.29, 1.82) is 0 Å². The quantitative estimate of drug-likeness (QED) is 0.632. The van der Waals surface area contributed by atoms with Crippen molar-refractivity contribution in [2.45, 2.75) is 45.2 Å².